The van der Waals surface area contributed by atoms with Gasteiger partial charge in [0, 0.05) is 13.1 Å². The lowest BCUT2D eigenvalue weighted by atomic mass is 10.2. The second kappa shape index (κ2) is 9.90. The maximum Gasteiger partial charge on any atom is 0.230 e. The smallest absolute Gasteiger partial charge is 0.230 e. The fourth-order valence-electron chi connectivity index (χ4n) is 4.68. The van der Waals surface area contributed by atoms with Gasteiger partial charge in [-0.1, -0.05) is 105 Å². The average Bonchev–Trinajstić information content (AvgIpc) is 3.11. The number of likely N-dealkylation sites (tertiary alicyclic amines) is 1. The molecule has 1 aliphatic rings. The Hall–Kier alpha value is -1.96. The third-order valence-corrected chi connectivity index (χ3v) is 10.6. The Morgan fingerprint density at radius 3 is 1.57 bits per heavy atom. The zero-order chi connectivity index (χ0) is 20.3. The minimum Gasteiger partial charge on any atom is -0.342 e. The SMILES string of the molecule is Br.CC(C)CN1CCC([P](c2ccccc2)(c2ccccc2)c2ccccc2)C1=O. The van der Waals surface area contributed by atoms with E-state index >= 15 is 0 Å². The number of carbonyl (C=O) groups is 1. The molecule has 0 aromatic heterocycles. The van der Waals surface area contributed by atoms with E-state index in [1.165, 1.54) is 15.9 Å². The zero-order valence-electron chi connectivity index (χ0n) is 17.6. The molecule has 1 heterocycles. The van der Waals surface area contributed by atoms with Crippen molar-refractivity contribution in [2.45, 2.75) is 25.9 Å². The van der Waals surface area contributed by atoms with E-state index in [0.717, 1.165) is 19.5 Å². The van der Waals surface area contributed by atoms with Crippen molar-refractivity contribution in [3.63, 3.8) is 0 Å². The maximum absolute atomic E-state index is 13.8. The van der Waals surface area contributed by atoms with Gasteiger partial charge in [0.05, 0.1) is 5.66 Å². The number of amides is 1. The van der Waals surface area contributed by atoms with E-state index < -0.39 is 7.26 Å². The molecule has 2 nitrogen and oxygen atoms in total. The number of benzene rings is 3. The van der Waals surface area contributed by atoms with Crippen molar-refractivity contribution < 1.29 is 4.79 Å². The molecule has 157 valence electrons. The average molecular weight is 483 g/mol. The van der Waals surface area contributed by atoms with Gasteiger partial charge in [0.25, 0.3) is 0 Å². The van der Waals surface area contributed by atoms with Crippen LogP contribution in [-0.4, -0.2) is 29.6 Å². The molecule has 3 aromatic carbocycles. The van der Waals surface area contributed by atoms with Crippen molar-refractivity contribution in [2.75, 3.05) is 13.1 Å². The van der Waals surface area contributed by atoms with Crippen molar-refractivity contribution in [1.29, 1.82) is 0 Å². The summed E-state index contributed by atoms with van der Waals surface area (Å²) in [6.07, 6.45) is 0.915. The number of hydrogen-bond acceptors (Lipinski definition) is 1. The van der Waals surface area contributed by atoms with Crippen LogP contribution in [0.2, 0.25) is 0 Å². The molecule has 4 rings (SSSR count). The summed E-state index contributed by atoms with van der Waals surface area (Å²) in [7, 11) is -2.13. The highest BCUT2D eigenvalue weighted by molar-refractivity contribution is 8.93. The summed E-state index contributed by atoms with van der Waals surface area (Å²) in [4.78, 5) is 15.9. The molecule has 1 amide bonds. The number of nitrogens with zero attached hydrogens (tertiary/aromatic N) is 1. The number of halogens is 1. The van der Waals surface area contributed by atoms with Crippen LogP contribution < -0.4 is 15.9 Å². The summed E-state index contributed by atoms with van der Waals surface area (Å²) in [5.41, 5.74) is -0.00606. The predicted octanol–water partition coefficient (Wildman–Crippen LogP) is 4.82. The van der Waals surface area contributed by atoms with Gasteiger partial charge in [-0.2, -0.15) is 0 Å². The summed E-state index contributed by atoms with van der Waals surface area (Å²) in [5.74, 6) is 0.805. The summed E-state index contributed by atoms with van der Waals surface area (Å²) >= 11 is 0. The van der Waals surface area contributed by atoms with Crippen molar-refractivity contribution in [2.24, 2.45) is 5.92 Å². The molecule has 1 atom stereocenters. The van der Waals surface area contributed by atoms with E-state index in [1.54, 1.807) is 0 Å². The molecule has 0 aliphatic carbocycles. The molecule has 0 bridgehead atoms. The van der Waals surface area contributed by atoms with Crippen LogP contribution in [0.4, 0.5) is 0 Å². The standard InChI is InChI=1S/C26H29NOP.BrH/c1-21(2)20-27-19-18-25(26(27)28)29(22-12-6-3-7-13-22,23-14-8-4-9-15-23)24-16-10-5-11-17-24;/h3-17,21,25H,18-20H2,1-2H3;1H. The minimum atomic E-state index is -2.13. The maximum atomic E-state index is 13.8. The Kier molecular flexibility index (Phi) is 7.50. The molecular formula is C26H30BrNOP. The van der Waals surface area contributed by atoms with Crippen LogP contribution in [0.25, 0.3) is 0 Å². The van der Waals surface area contributed by atoms with E-state index in [1.807, 2.05) is 0 Å². The normalized spacial score (nSPS) is 16.6. The summed E-state index contributed by atoms with van der Waals surface area (Å²) in [6.45, 7) is 6.08. The molecule has 0 N–H and O–H groups in total. The Labute approximate surface area is 191 Å². The van der Waals surface area contributed by atoms with Crippen molar-refractivity contribution in [3.05, 3.63) is 91.0 Å². The molecular weight excluding hydrogens is 453 g/mol. The van der Waals surface area contributed by atoms with Gasteiger partial charge in [-0.15, -0.1) is 17.0 Å². The lowest BCUT2D eigenvalue weighted by Crippen LogP contribution is -2.43. The molecule has 1 aliphatic heterocycles. The highest BCUT2D eigenvalue weighted by Crippen LogP contribution is 2.62. The molecule has 1 saturated heterocycles. The number of rotatable bonds is 6. The third kappa shape index (κ3) is 4.11. The molecule has 1 unspecified atom stereocenters. The first-order valence-corrected chi connectivity index (χ1v) is 12.3. The van der Waals surface area contributed by atoms with Gasteiger partial charge in [-0.05, 0) is 35.5 Å². The Bertz CT molecular complexity index is 850. The van der Waals surface area contributed by atoms with E-state index in [-0.39, 0.29) is 22.6 Å². The van der Waals surface area contributed by atoms with Crippen molar-refractivity contribution in [1.82, 2.24) is 4.90 Å². The van der Waals surface area contributed by atoms with Gasteiger partial charge in [0.2, 0.25) is 5.91 Å². The van der Waals surface area contributed by atoms with E-state index in [9.17, 15) is 4.79 Å². The van der Waals surface area contributed by atoms with Crippen LogP contribution in [0.1, 0.15) is 20.3 Å². The Morgan fingerprint density at radius 2 is 1.20 bits per heavy atom. The summed E-state index contributed by atoms with van der Waals surface area (Å²) < 4.78 is 0. The molecule has 1 radical (unpaired) electrons. The molecule has 30 heavy (non-hydrogen) atoms. The van der Waals surface area contributed by atoms with Crippen molar-refractivity contribution in [3.8, 4) is 0 Å². The predicted molar refractivity (Wildman–Crippen MR) is 135 cm³/mol. The molecule has 3 aromatic rings. The topological polar surface area (TPSA) is 20.3 Å². The Balaban J connectivity index is 0.00000256. The fraction of sp³-hybridized carbons (Fsp3) is 0.269. The van der Waals surface area contributed by atoms with E-state index in [0.29, 0.717) is 11.8 Å². The van der Waals surface area contributed by atoms with Crippen LogP contribution in [0.3, 0.4) is 0 Å². The summed E-state index contributed by atoms with van der Waals surface area (Å²) in [5, 5.41) is 3.88. The van der Waals surface area contributed by atoms with Gasteiger partial charge < -0.3 is 4.90 Å². The van der Waals surface area contributed by atoms with Crippen LogP contribution in [0, 0.1) is 5.92 Å². The molecule has 4 heteroatoms. The van der Waals surface area contributed by atoms with Gasteiger partial charge in [-0.25, -0.2) is 0 Å². The van der Waals surface area contributed by atoms with E-state index in [4.69, 9.17) is 0 Å². The molecule has 1 fully saturated rings. The number of hydrogen-bond donors (Lipinski definition) is 0. The second-order valence-corrected chi connectivity index (χ2v) is 11.8. The fourth-order valence-corrected chi connectivity index (χ4v) is 9.58. The first-order valence-electron chi connectivity index (χ1n) is 10.5. The van der Waals surface area contributed by atoms with Crippen LogP contribution in [-0.2, 0) is 4.79 Å². The van der Waals surface area contributed by atoms with E-state index in [2.05, 4.69) is 110 Å². The third-order valence-electron chi connectivity index (χ3n) is 5.81. The Morgan fingerprint density at radius 1 is 0.800 bits per heavy atom. The van der Waals surface area contributed by atoms with Crippen LogP contribution >= 0.6 is 24.2 Å². The van der Waals surface area contributed by atoms with Crippen LogP contribution in [0.15, 0.2) is 91.0 Å². The number of carbonyl (C=O) groups excluding carboxylic acids is 1. The monoisotopic (exact) mass is 482 g/mol. The minimum absolute atomic E-state index is 0. The quantitative estimate of drug-likeness (QED) is 0.461. The largest absolute Gasteiger partial charge is 0.342 e. The summed E-state index contributed by atoms with van der Waals surface area (Å²) in [6, 6.07) is 32.2. The first-order chi connectivity index (χ1) is 14.1. The van der Waals surface area contributed by atoms with Crippen molar-refractivity contribution >= 4 is 46.1 Å². The van der Waals surface area contributed by atoms with Crippen LogP contribution in [0.5, 0.6) is 0 Å². The highest BCUT2D eigenvalue weighted by Gasteiger charge is 2.49. The lowest BCUT2D eigenvalue weighted by molar-refractivity contribution is -0.127. The highest BCUT2D eigenvalue weighted by atomic mass is 79.9. The molecule has 0 saturated carbocycles. The lowest BCUT2D eigenvalue weighted by Gasteiger charge is -2.42. The second-order valence-electron chi connectivity index (χ2n) is 8.21. The van der Waals surface area contributed by atoms with Gasteiger partial charge >= 0.3 is 0 Å². The zero-order valence-corrected chi connectivity index (χ0v) is 20.3. The molecule has 0 spiro atoms. The van der Waals surface area contributed by atoms with Gasteiger partial charge in [-0.3, -0.25) is 4.79 Å². The first kappa shape index (κ1) is 22.7. The van der Waals surface area contributed by atoms with Gasteiger partial charge in [0.15, 0.2) is 0 Å². The van der Waals surface area contributed by atoms with Gasteiger partial charge in [0.1, 0.15) is 0 Å².